The number of rotatable bonds is 5. The molecule has 160 valence electrons. The third kappa shape index (κ3) is 5.52. The highest BCUT2D eigenvalue weighted by Crippen LogP contribution is 2.29. The van der Waals surface area contributed by atoms with Gasteiger partial charge in [-0.05, 0) is 55.3 Å². The van der Waals surface area contributed by atoms with Crippen molar-refractivity contribution in [1.82, 2.24) is 10.2 Å². The van der Waals surface area contributed by atoms with Crippen molar-refractivity contribution in [2.45, 2.75) is 19.5 Å². The van der Waals surface area contributed by atoms with Crippen LogP contribution in [0.2, 0.25) is 0 Å². The highest BCUT2D eigenvalue weighted by atomic mass is 19.4. The number of nitrogens with one attached hydrogen (secondary N) is 1. The zero-order valence-corrected chi connectivity index (χ0v) is 16.7. The first-order valence-corrected chi connectivity index (χ1v) is 9.79. The minimum atomic E-state index is -4.34. The number of ketones is 1. The summed E-state index contributed by atoms with van der Waals surface area (Å²) in [5.74, 6) is 0.0272. The van der Waals surface area contributed by atoms with E-state index in [0.29, 0.717) is 44.7 Å². The average Bonchev–Trinajstić information content (AvgIpc) is 2.73. The zero-order valence-electron chi connectivity index (χ0n) is 16.7. The molecule has 8 heteroatoms. The fourth-order valence-electron chi connectivity index (χ4n) is 3.36. The van der Waals surface area contributed by atoms with E-state index in [4.69, 9.17) is 0 Å². The smallest absolute Gasteiger partial charge is 0.368 e. The molecule has 2 aromatic carbocycles. The lowest BCUT2D eigenvalue weighted by Crippen LogP contribution is -2.52. The number of benzene rings is 2. The normalized spacial score (nSPS) is 14.5. The van der Waals surface area contributed by atoms with Gasteiger partial charge in [0.1, 0.15) is 0 Å². The van der Waals surface area contributed by atoms with Crippen LogP contribution in [0, 0.1) is 0 Å². The number of Topliss-reactive ketones (excluding diaryl/α,β-unsaturated/α-hetero) is 1. The van der Waals surface area contributed by atoms with Crippen molar-refractivity contribution in [2.75, 3.05) is 37.6 Å². The molecule has 2 amide bonds. The van der Waals surface area contributed by atoms with Crippen LogP contribution in [0.25, 0.3) is 0 Å². The van der Waals surface area contributed by atoms with Crippen LogP contribution >= 0.6 is 0 Å². The van der Waals surface area contributed by atoms with Gasteiger partial charge >= 0.3 is 12.2 Å². The Bertz CT molecular complexity index is 872. The Morgan fingerprint density at radius 1 is 0.933 bits per heavy atom. The molecule has 5 nitrogen and oxygen atoms in total. The molecule has 0 spiro atoms. The van der Waals surface area contributed by atoms with Gasteiger partial charge in [-0.15, -0.1) is 0 Å². The topological polar surface area (TPSA) is 52.7 Å². The lowest BCUT2D eigenvalue weighted by atomic mass is 10.1. The van der Waals surface area contributed by atoms with Gasteiger partial charge in [0.25, 0.3) is 0 Å². The highest BCUT2D eigenvalue weighted by molar-refractivity contribution is 5.94. The predicted molar refractivity (Wildman–Crippen MR) is 109 cm³/mol. The first kappa shape index (κ1) is 21.7. The standard InChI is InChI=1S/C22H24F3N3O2/c1-16(29)18-4-8-20(9-5-18)27-12-14-28(15-13-27)21(30)26-11-10-17-2-6-19(7-3-17)22(23,24)25/h2-9H,10-15H2,1H3,(H,26,30). The Morgan fingerprint density at radius 3 is 2.07 bits per heavy atom. The van der Waals surface area contributed by atoms with Gasteiger partial charge in [-0.25, -0.2) is 4.79 Å². The van der Waals surface area contributed by atoms with Gasteiger partial charge in [0.2, 0.25) is 0 Å². The van der Waals surface area contributed by atoms with Crippen LogP contribution in [0.3, 0.4) is 0 Å². The van der Waals surface area contributed by atoms with Gasteiger partial charge < -0.3 is 15.1 Å². The number of amides is 2. The van der Waals surface area contributed by atoms with E-state index in [2.05, 4.69) is 10.2 Å². The van der Waals surface area contributed by atoms with Gasteiger partial charge in [0, 0.05) is 44.0 Å². The number of piperazine rings is 1. The van der Waals surface area contributed by atoms with E-state index in [0.717, 1.165) is 23.4 Å². The second kappa shape index (κ2) is 9.19. The Kier molecular flexibility index (Phi) is 6.64. The molecular formula is C22H24F3N3O2. The van der Waals surface area contributed by atoms with Crippen LogP contribution in [-0.4, -0.2) is 49.4 Å². The number of anilines is 1. The summed E-state index contributed by atoms with van der Waals surface area (Å²) in [6.45, 7) is 4.40. The summed E-state index contributed by atoms with van der Waals surface area (Å²) in [5.41, 5.74) is 1.75. The van der Waals surface area contributed by atoms with Crippen molar-refractivity contribution in [3.8, 4) is 0 Å². The molecule has 30 heavy (non-hydrogen) atoms. The molecule has 2 aromatic rings. The first-order chi connectivity index (χ1) is 14.2. The van der Waals surface area contributed by atoms with Gasteiger partial charge in [-0.3, -0.25) is 4.79 Å². The third-order valence-electron chi connectivity index (χ3n) is 5.18. The molecule has 0 radical (unpaired) electrons. The van der Waals surface area contributed by atoms with E-state index in [1.165, 1.54) is 19.1 Å². The molecule has 0 bridgehead atoms. The van der Waals surface area contributed by atoms with Gasteiger partial charge in [-0.2, -0.15) is 13.2 Å². The van der Waals surface area contributed by atoms with E-state index in [-0.39, 0.29) is 11.8 Å². The number of halogens is 3. The van der Waals surface area contributed by atoms with E-state index >= 15 is 0 Å². The Morgan fingerprint density at radius 2 is 1.53 bits per heavy atom. The summed E-state index contributed by atoms with van der Waals surface area (Å²) in [6.07, 6.45) is -3.88. The Labute approximate surface area is 173 Å². The van der Waals surface area contributed by atoms with Crippen LogP contribution in [-0.2, 0) is 12.6 Å². The summed E-state index contributed by atoms with van der Waals surface area (Å²) >= 11 is 0. The molecule has 0 saturated carbocycles. The van der Waals surface area contributed by atoms with Crippen LogP contribution in [0.15, 0.2) is 48.5 Å². The van der Waals surface area contributed by atoms with E-state index in [9.17, 15) is 22.8 Å². The Hall–Kier alpha value is -3.03. The van der Waals surface area contributed by atoms with Crippen molar-refractivity contribution < 1.29 is 22.8 Å². The number of hydrogen-bond donors (Lipinski definition) is 1. The molecule has 0 aromatic heterocycles. The van der Waals surface area contributed by atoms with Crippen LogP contribution in [0.1, 0.15) is 28.4 Å². The number of nitrogens with zero attached hydrogens (tertiary/aromatic N) is 2. The minimum absolute atomic E-state index is 0.0272. The summed E-state index contributed by atoms with van der Waals surface area (Å²) in [7, 11) is 0. The SMILES string of the molecule is CC(=O)c1ccc(N2CCN(C(=O)NCCc3ccc(C(F)(F)F)cc3)CC2)cc1. The summed E-state index contributed by atoms with van der Waals surface area (Å²) < 4.78 is 37.8. The molecule has 1 saturated heterocycles. The number of urea groups is 1. The molecular weight excluding hydrogens is 395 g/mol. The van der Waals surface area contributed by atoms with Crippen LogP contribution in [0.5, 0.6) is 0 Å². The maximum Gasteiger partial charge on any atom is 0.416 e. The van der Waals surface area contributed by atoms with E-state index < -0.39 is 11.7 Å². The van der Waals surface area contributed by atoms with Gasteiger partial charge in [0.15, 0.2) is 5.78 Å². The molecule has 0 unspecified atom stereocenters. The van der Waals surface area contributed by atoms with Crippen molar-refractivity contribution in [3.05, 3.63) is 65.2 Å². The quantitative estimate of drug-likeness (QED) is 0.746. The number of alkyl halides is 3. The minimum Gasteiger partial charge on any atom is -0.368 e. The van der Waals surface area contributed by atoms with Crippen molar-refractivity contribution in [3.63, 3.8) is 0 Å². The molecule has 0 atom stereocenters. The second-order valence-electron chi connectivity index (χ2n) is 7.25. The fraction of sp³-hybridized carbons (Fsp3) is 0.364. The Balaban J connectivity index is 1.42. The molecule has 1 aliphatic heterocycles. The summed E-state index contributed by atoms with van der Waals surface area (Å²) in [6, 6.07) is 12.2. The van der Waals surface area contributed by atoms with Crippen LogP contribution < -0.4 is 10.2 Å². The maximum atomic E-state index is 12.6. The lowest BCUT2D eigenvalue weighted by molar-refractivity contribution is -0.137. The molecule has 1 aliphatic rings. The molecule has 1 heterocycles. The number of carbonyl (C=O) groups is 2. The molecule has 0 aliphatic carbocycles. The fourth-order valence-corrected chi connectivity index (χ4v) is 3.36. The largest absolute Gasteiger partial charge is 0.416 e. The molecule has 1 fully saturated rings. The van der Waals surface area contributed by atoms with Crippen molar-refractivity contribution in [2.24, 2.45) is 0 Å². The van der Waals surface area contributed by atoms with Crippen molar-refractivity contribution in [1.29, 1.82) is 0 Å². The van der Waals surface area contributed by atoms with Crippen molar-refractivity contribution >= 4 is 17.5 Å². The van der Waals surface area contributed by atoms with E-state index in [1.807, 2.05) is 12.1 Å². The highest BCUT2D eigenvalue weighted by Gasteiger charge is 2.29. The average molecular weight is 419 g/mol. The third-order valence-corrected chi connectivity index (χ3v) is 5.18. The summed E-state index contributed by atoms with van der Waals surface area (Å²) in [5, 5.41) is 2.83. The monoisotopic (exact) mass is 419 g/mol. The van der Waals surface area contributed by atoms with E-state index in [1.54, 1.807) is 17.0 Å². The molecule has 3 rings (SSSR count). The lowest BCUT2D eigenvalue weighted by Gasteiger charge is -2.36. The predicted octanol–water partition coefficient (Wildman–Crippen LogP) is 3.98. The zero-order chi connectivity index (χ0) is 21.7. The molecule has 1 N–H and O–H groups in total. The van der Waals surface area contributed by atoms with Crippen LogP contribution in [0.4, 0.5) is 23.7 Å². The number of hydrogen-bond acceptors (Lipinski definition) is 3. The first-order valence-electron chi connectivity index (χ1n) is 9.79. The van der Waals surface area contributed by atoms with Gasteiger partial charge in [-0.1, -0.05) is 12.1 Å². The number of carbonyl (C=O) groups excluding carboxylic acids is 2. The van der Waals surface area contributed by atoms with Gasteiger partial charge in [0.05, 0.1) is 5.56 Å². The second-order valence-corrected chi connectivity index (χ2v) is 7.25. The maximum absolute atomic E-state index is 12.6. The summed E-state index contributed by atoms with van der Waals surface area (Å²) in [4.78, 5) is 27.6.